The van der Waals surface area contributed by atoms with Crippen molar-refractivity contribution < 1.29 is 0 Å². The molecule has 0 unspecified atom stereocenters. The van der Waals surface area contributed by atoms with Gasteiger partial charge in [0.05, 0.1) is 11.4 Å². The summed E-state index contributed by atoms with van der Waals surface area (Å²) in [6.07, 6.45) is 7.88. The first-order valence-corrected chi connectivity index (χ1v) is 6.89. The zero-order chi connectivity index (χ0) is 15.5. The Labute approximate surface area is 123 Å². The summed E-state index contributed by atoms with van der Waals surface area (Å²) in [6.45, 7) is 18.6. The lowest BCUT2D eigenvalue weighted by Gasteiger charge is -2.19. The van der Waals surface area contributed by atoms with Crippen LogP contribution in [-0.2, 0) is 12.5 Å². The molecule has 0 aromatic carbocycles. The third-order valence-corrected chi connectivity index (χ3v) is 3.28. The monoisotopic (exact) mass is 270 g/mol. The zero-order valence-electron chi connectivity index (χ0n) is 13.6. The van der Waals surface area contributed by atoms with Crippen LogP contribution in [0.4, 0.5) is 0 Å². The van der Waals surface area contributed by atoms with Crippen molar-refractivity contribution in [3.05, 3.63) is 60.0 Å². The van der Waals surface area contributed by atoms with Gasteiger partial charge >= 0.3 is 0 Å². The Balaban J connectivity index is 3.35. The summed E-state index contributed by atoms with van der Waals surface area (Å²) < 4.78 is 1.92. The van der Waals surface area contributed by atoms with Crippen LogP contribution in [0.1, 0.15) is 44.6 Å². The number of rotatable bonds is 5. The van der Waals surface area contributed by atoms with Crippen molar-refractivity contribution in [3.8, 4) is 0 Å². The normalized spacial score (nSPS) is 11.7. The number of hydrogen-bond acceptors (Lipinski definition) is 1. The summed E-state index contributed by atoms with van der Waals surface area (Å²) in [5.41, 5.74) is 5.54. The van der Waals surface area contributed by atoms with Crippen molar-refractivity contribution in [2.75, 3.05) is 0 Å². The molecule has 0 spiro atoms. The van der Waals surface area contributed by atoms with Crippen LogP contribution < -0.4 is 0 Å². The first-order valence-electron chi connectivity index (χ1n) is 6.89. The van der Waals surface area contributed by atoms with Gasteiger partial charge in [0, 0.05) is 12.5 Å². The lowest BCUT2D eigenvalue weighted by Crippen LogP contribution is -2.16. The summed E-state index contributed by atoms with van der Waals surface area (Å²) in [6, 6.07) is 0. The molecule has 1 aromatic rings. The fraction of sp³-hybridized carbons (Fsp3) is 0.389. The van der Waals surface area contributed by atoms with Crippen LogP contribution in [0.15, 0.2) is 43.0 Å². The van der Waals surface area contributed by atoms with E-state index in [1.165, 1.54) is 11.1 Å². The minimum Gasteiger partial charge on any atom is -0.267 e. The van der Waals surface area contributed by atoms with Crippen molar-refractivity contribution in [3.63, 3.8) is 0 Å². The lowest BCUT2D eigenvalue weighted by atomic mass is 9.84. The minimum absolute atomic E-state index is 0.0820. The molecular formula is C18H26N2. The molecule has 0 radical (unpaired) electrons. The maximum atomic E-state index is 4.72. The van der Waals surface area contributed by atoms with Gasteiger partial charge in [0.15, 0.2) is 0 Å². The van der Waals surface area contributed by atoms with Crippen molar-refractivity contribution in [1.82, 2.24) is 9.78 Å². The molecule has 1 rings (SSSR count). The first-order chi connectivity index (χ1) is 9.20. The predicted octanol–water partition coefficient (Wildman–Crippen LogP) is 4.73. The molecule has 0 fully saturated rings. The van der Waals surface area contributed by atoms with Crippen molar-refractivity contribution >= 4 is 5.57 Å². The van der Waals surface area contributed by atoms with Gasteiger partial charge < -0.3 is 0 Å². The van der Waals surface area contributed by atoms with Crippen LogP contribution >= 0.6 is 0 Å². The Hall–Kier alpha value is -1.83. The molecular weight excluding hydrogens is 244 g/mol. The van der Waals surface area contributed by atoms with Crippen LogP contribution in [0.25, 0.3) is 5.57 Å². The highest BCUT2D eigenvalue weighted by molar-refractivity contribution is 5.73. The summed E-state index contributed by atoms with van der Waals surface area (Å²) in [4.78, 5) is 0. The number of nitrogens with zero attached hydrogens (tertiary/aromatic N) is 2. The van der Waals surface area contributed by atoms with Gasteiger partial charge in [-0.15, -0.1) is 0 Å². The van der Waals surface area contributed by atoms with Gasteiger partial charge in [-0.25, -0.2) is 0 Å². The molecule has 0 aliphatic carbocycles. The molecule has 1 aromatic heterocycles. The maximum Gasteiger partial charge on any atom is 0.0754 e. The van der Waals surface area contributed by atoms with Crippen LogP contribution in [0, 0.1) is 6.92 Å². The molecule has 0 saturated heterocycles. The molecule has 2 nitrogen and oxygen atoms in total. The molecule has 0 aliphatic rings. The Morgan fingerprint density at radius 2 is 1.90 bits per heavy atom. The van der Waals surface area contributed by atoms with E-state index < -0.39 is 0 Å². The third kappa shape index (κ3) is 3.38. The Kier molecular flexibility index (Phi) is 4.93. The van der Waals surface area contributed by atoms with Gasteiger partial charge in [0.1, 0.15) is 0 Å². The highest BCUT2D eigenvalue weighted by atomic mass is 15.3. The van der Waals surface area contributed by atoms with Gasteiger partial charge in [-0.3, -0.25) is 4.68 Å². The number of hydrogen-bond donors (Lipinski definition) is 0. The van der Waals surface area contributed by atoms with Gasteiger partial charge in [-0.1, -0.05) is 56.9 Å². The summed E-state index contributed by atoms with van der Waals surface area (Å²) in [7, 11) is 1.97. The largest absolute Gasteiger partial charge is 0.267 e. The Bertz CT molecular complexity index is 577. The second-order valence-electron chi connectivity index (χ2n) is 6.01. The molecule has 20 heavy (non-hydrogen) atoms. The average Bonchev–Trinajstić information content (AvgIpc) is 2.61. The van der Waals surface area contributed by atoms with Gasteiger partial charge in [0.25, 0.3) is 0 Å². The molecule has 0 bridgehead atoms. The molecule has 1 heterocycles. The molecule has 0 N–H and O–H groups in total. The van der Waals surface area contributed by atoms with Gasteiger partial charge in [-0.2, -0.15) is 5.10 Å². The SMILES string of the molecule is C=C/C=C\C(=C)c1c(C)c(C(C)(C)C=C(C)C)nn1C. The highest BCUT2D eigenvalue weighted by Crippen LogP contribution is 2.31. The van der Waals surface area contributed by atoms with Crippen LogP contribution in [0.3, 0.4) is 0 Å². The van der Waals surface area contributed by atoms with E-state index in [0.29, 0.717) is 0 Å². The zero-order valence-corrected chi connectivity index (χ0v) is 13.6. The third-order valence-electron chi connectivity index (χ3n) is 3.28. The quantitative estimate of drug-likeness (QED) is 0.559. The van der Waals surface area contributed by atoms with Crippen molar-refractivity contribution in [1.29, 1.82) is 0 Å². The van der Waals surface area contributed by atoms with E-state index in [2.05, 4.69) is 53.9 Å². The second-order valence-corrected chi connectivity index (χ2v) is 6.01. The fourth-order valence-electron chi connectivity index (χ4n) is 2.74. The van der Waals surface area contributed by atoms with Crippen molar-refractivity contribution in [2.45, 2.75) is 40.0 Å². The molecule has 2 heteroatoms. The molecule has 0 atom stereocenters. The number of allylic oxidation sites excluding steroid dienone is 6. The summed E-state index contributed by atoms with van der Waals surface area (Å²) >= 11 is 0. The predicted molar refractivity (Wildman–Crippen MR) is 88.8 cm³/mol. The standard InChI is InChI=1S/C18H26N2/c1-9-10-11-14(4)16-15(5)17(19-20(16)8)18(6,7)12-13(2)3/h9-12H,1,4H2,2-3,5-8H3/b11-10-. The molecule has 108 valence electrons. The van der Waals surface area contributed by atoms with E-state index in [1.807, 2.05) is 23.9 Å². The van der Waals surface area contributed by atoms with E-state index in [0.717, 1.165) is 17.0 Å². The smallest absolute Gasteiger partial charge is 0.0754 e. The van der Waals surface area contributed by atoms with E-state index in [4.69, 9.17) is 5.10 Å². The van der Waals surface area contributed by atoms with E-state index in [1.54, 1.807) is 6.08 Å². The van der Waals surface area contributed by atoms with E-state index >= 15 is 0 Å². The van der Waals surface area contributed by atoms with Crippen molar-refractivity contribution in [2.24, 2.45) is 7.05 Å². The first kappa shape index (κ1) is 16.2. The lowest BCUT2D eigenvalue weighted by molar-refractivity contribution is 0.608. The van der Waals surface area contributed by atoms with Gasteiger partial charge in [-0.05, 0) is 31.9 Å². The van der Waals surface area contributed by atoms with Gasteiger partial charge in [0.2, 0.25) is 0 Å². The summed E-state index contributed by atoms with van der Waals surface area (Å²) in [5, 5.41) is 4.72. The molecule has 0 saturated carbocycles. The average molecular weight is 270 g/mol. The van der Waals surface area contributed by atoms with Crippen LogP contribution in [-0.4, -0.2) is 9.78 Å². The second kappa shape index (κ2) is 6.08. The minimum atomic E-state index is -0.0820. The topological polar surface area (TPSA) is 17.8 Å². The molecule has 0 amide bonds. The molecule has 0 aliphatic heterocycles. The van der Waals surface area contributed by atoms with E-state index in [-0.39, 0.29) is 5.41 Å². The number of aryl methyl sites for hydroxylation is 1. The van der Waals surface area contributed by atoms with E-state index in [9.17, 15) is 0 Å². The Morgan fingerprint density at radius 3 is 2.40 bits per heavy atom. The fourth-order valence-corrected chi connectivity index (χ4v) is 2.74. The summed E-state index contributed by atoms with van der Waals surface area (Å²) in [5.74, 6) is 0. The van der Waals surface area contributed by atoms with Crippen LogP contribution in [0.2, 0.25) is 0 Å². The maximum absolute atomic E-state index is 4.72. The number of aromatic nitrogens is 2. The Morgan fingerprint density at radius 1 is 1.30 bits per heavy atom. The van der Waals surface area contributed by atoms with Crippen LogP contribution in [0.5, 0.6) is 0 Å². The highest BCUT2D eigenvalue weighted by Gasteiger charge is 2.26.